The highest BCUT2D eigenvalue weighted by Gasteiger charge is 2.32. The molecule has 0 saturated carbocycles. The number of hydrogen-bond acceptors (Lipinski definition) is 4. The molecule has 2 rings (SSSR count). The summed E-state index contributed by atoms with van der Waals surface area (Å²) in [4.78, 5) is 13.4. The first-order valence-electron chi connectivity index (χ1n) is 6.30. The zero-order valence-electron chi connectivity index (χ0n) is 10.6. The van der Waals surface area contributed by atoms with E-state index in [0.29, 0.717) is 13.0 Å². The van der Waals surface area contributed by atoms with Crippen LogP contribution in [0.3, 0.4) is 0 Å². The van der Waals surface area contributed by atoms with Crippen LogP contribution < -0.4 is 5.32 Å². The van der Waals surface area contributed by atoms with Gasteiger partial charge in [0, 0.05) is 26.2 Å². The highest BCUT2D eigenvalue weighted by Crippen LogP contribution is 2.16. The SMILES string of the molecule is CN(C(=O)NC[C@@H]1CCCO1)[C@H]1CCS(=O)(=O)C1. The van der Waals surface area contributed by atoms with Gasteiger partial charge < -0.3 is 15.0 Å². The first-order chi connectivity index (χ1) is 8.48. The average Bonchev–Trinajstić information content (AvgIpc) is 2.94. The van der Waals surface area contributed by atoms with Crippen LogP contribution in [0, 0.1) is 0 Å². The largest absolute Gasteiger partial charge is 0.376 e. The minimum atomic E-state index is -2.95. The molecular weight excluding hydrogens is 256 g/mol. The van der Waals surface area contributed by atoms with Crippen molar-refractivity contribution < 1.29 is 17.9 Å². The van der Waals surface area contributed by atoms with E-state index in [1.165, 1.54) is 4.90 Å². The lowest BCUT2D eigenvalue weighted by atomic mass is 10.2. The van der Waals surface area contributed by atoms with Gasteiger partial charge in [0.05, 0.1) is 17.6 Å². The van der Waals surface area contributed by atoms with Crippen LogP contribution in [0.2, 0.25) is 0 Å². The highest BCUT2D eigenvalue weighted by atomic mass is 32.2. The quantitative estimate of drug-likeness (QED) is 0.787. The van der Waals surface area contributed by atoms with Crippen molar-refractivity contribution in [2.24, 2.45) is 0 Å². The number of nitrogens with one attached hydrogen (secondary N) is 1. The second-order valence-electron chi connectivity index (χ2n) is 4.99. The van der Waals surface area contributed by atoms with Crippen LogP contribution in [0.4, 0.5) is 4.79 Å². The van der Waals surface area contributed by atoms with Crippen LogP contribution in [0.1, 0.15) is 19.3 Å². The van der Waals surface area contributed by atoms with Crippen LogP contribution in [-0.4, -0.2) is 63.2 Å². The van der Waals surface area contributed by atoms with E-state index in [0.717, 1.165) is 19.4 Å². The van der Waals surface area contributed by atoms with E-state index in [-0.39, 0.29) is 29.7 Å². The normalized spacial score (nSPS) is 30.3. The number of nitrogens with zero attached hydrogens (tertiary/aromatic N) is 1. The highest BCUT2D eigenvalue weighted by molar-refractivity contribution is 7.91. The molecule has 1 N–H and O–H groups in total. The standard InChI is InChI=1S/C11H20N2O4S/c1-13(9-4-6-18(15,16)8-9)11(14)12-7-10-3-2-5-17-10/h9-10H,2-8H2,1H3,(H,12,14)/t9-,10-/m0/s1. The Bertz CT molecular complexity index is 403. The first-order valence-corrected chi connectivity index (χ1v) is 8.13. The molecule has 0 aromatic carbocycles. The van der Waals surface area contributed by atoms with Gasteiger partial charge in [0.1, 0.15) is 0 Å². The Morgan fingerprint density at radius 1 is 1.44 bits per heavy atom. The van der Waals surface area contributed by atoms with Gasteiger partial charge in [0.15, 0.2) is 9.84 Å². The summed E-state index contributed by atoms with van der Waals surface area (Å²) in [6, 6.07) is -0.410. The van der Waals surface area contributed by atoms with Crippen LogP contribution in [0.5, 0.6) is 0 Å². The second-order valence-corrected chi connectivity index (χ2v) is 7.22. The minimum absolute atomic E-state index is 0.0802. The Labute approximate surface area is 108 Å². The van der Waals surface area contributed by atoms with Crippen LogP contribution in [-0.2, 0) is 14.6 Å². The molecule has 18 heavy (non-hydrogen) atoms. The zero-order chi connectivity index (χ0) is 13.2. The van der Waals surface area contributed by atoms with Gasteiger partial charge >= 0.3 is 6.03 Å². The van der Waals surface area contributed by atoms with Crippen molar-refractivity contribution >= 4 is 15.9 Å². The molecule has 2 aliphatic rings. The third-order valence-electron chi connectivity index (χ3n) is 3.58. The summed E-state index contributed by atoms with van der Waals surface area (Å²) in [7, 11) is -1.30. The number of carbonyl (C=O) groups excluding carboxylic acids is 1. The topological polar surface area (TPSA) is 75.7 Å². The third-order valence-corrected chi connectivity index (χ3v) is 5.33. The van der Waals surface area contributed by atoms with E-state index in [2.05, 4.69) is 5.32 Å². The predicted molar refractivity (Wildman–Crippen MR) is 67.2 cm³/mol. The fourth-order valence-electron chi connectivity index (χ4n) is 2.38. The Morgan fingerprint density at radius 2 is 2.22 bits per heavy atom. The Kier molecular flexibility index (Phi) is 4.11. The lowest BCUT2D eigenvalue weighted by molar-refractivity contribution is 0.108. The monoisotopic (exact) mass is 276 g/mol. The molecule has 104 valence electrons. The summed E-state index contributed by atoms with van der Waals surface area (Å²) in [6.07, 6.45) is 2.65. The van der Waals surface area contributed by atoms with Gasteiger partial charge in [-0.05, 0) is 19.3 Å². The van der Waals surface area contributed by atoms with Crippen molar-refractivity contribution in [1.82, 2.24) is 10.2 Å². The fourth-order valence-corrected chi connectivity index (χ4v) is 4.15. The number of ether oxygens (including phenoxy) is 1. The fraction of sp³-hybridized carbons (Fsp3) is 0.909. The van der Waals surface area contributed by atoms with Crippen molar-refractivity contribution in [2.75, 3.05) is 31.7 Å². The molecule has 2 amide bonds. The van der Waals surface area contributed by atoms with Gasteiger partial charge in [-0.15, -0.1) is 0 Å². The molecule has 2 saturated heterocycles. The molecule has 7 heteroatoms. The number of rotatable bonds is 3. The first kappa shape index (κ1) is 13.6. The van der Waals surface area contributed by atoms with E-state index < -0.39 is 9.84 Å². The van der Waals surface area contributed by atoms with E-state index in [9.17, 15) is 13.2 Å². The molecule has 0 spiro atoms. The lowest BCUT2D eigenvalue weighted by Crippen LogP contribution is -2.46. The van der Waals surface area contributed by atoms with E-state index in [1.54, 1.807) is 7.05 Å². The van der Waals surface area contributed by atoms with Crippen LogP contribution in [0.15, 0.2) is 0 Å². The molecule has 0 bridgehead atoms. The predicted octanol–water partition coefficient (Wildman–Crippen LogP) is -0.00610. The van der Waals surface area contributed by atoms with Crippen LogP contribution in [0.25, 0.3) is 0 Å². The van der Waals surface area contributed by atoms with E-state index in [1.807, 2.05) is 0 Å². The Balaban J connectivity index is 1.78. The smallest absolute Gasteiger partial charge is 0.317 e. The second kappa shape index (κ2) is 5.44. The summed E-state index contributed by atoms with van der Waals surface area (Å²) in [6.45, 7) is 1.26. The third kappa shape index (κ3) is 3.35. The summed E-state index contributed by atoms with van der Waals surface area (Å²) < 4.78 is 28.1. The van der Waals surface area contributed by atoms with Gasteiger partial charge in [0.2, 0.25) is 0 Å². The van der Waals surface area contributed by atoms with Gasteiger partial charge in [-0.25, -0.2) is 13.2 Å². The van der Waals surface area contributed by atoms with Gasteiger partial charge in [-0.3, -0.25) is 0 Å². The van der Waals surface area contributed by atoms with Crippen molar-refractivity contribution in [3.63, 3.8) is 0 Å². The molecule has 0 aliphatic carbocycles. The maximum absolute atomic E-state index is 11.9. The number of urea groups is 1. The van der Waals surface area contributed by atoms with Crippen LogP contribution >= 0.6 is 0 Å². The van der Waals surface area contributed by atoms with Crippen molar-refractivity contribution in [3.05, 3.63) is 0 Å². The summed E-state index contributed by atoms with van der Waals surface area (Å²) in [5.74, 6) is 0.262. The molecule has 2 heterocycles. The number of carbonyl (C=O) groups is 1. The number of sulfone groups is 1. The average molecular weight is 276 g/mol. The minimum Gasteiger partial charge on any atom is -0.376 e. The molecule has 6 nitrogen and oxygen atoms in total. The van der Waals surface area contributed by atoms with Crippen molar-refractivity contribution in [1.29, 1.82) is 0 Å². The zero-order valence-corrected chi connectivity index (χ0v) is 11.4. The summed E-state index contributed by atoms with van der Waals surface area (Å²) >= 11 is 0. The number of hydrogen-bond donors (Lipinski definition) is 1. The Hall–Kier alpha value is -0.820. The van der Waals surface area contributed by atoms with Gasteiger partial charge in [-0.2, -0.15) is 0 Å². The number of amides is 2. The lowest BCUT2D eigenvalue weighted by Gasteiger charge is -2.24. The Morgan fingerprint density at radius 3 is 2.78 bits per heavy atom. The summed E-state index contributed by atoms with van der Waals surface area (Å²) in [5, 5.41) is 2.80. The van der Waals surface area contributed by atoms with E-state index >= 15 is 0 Å². The van der Waals surface area contributed by atoms with E-state index in [4.69, 9.17) is 4.74 Å². The molecule has 2 atom stereocenters. The molecule has 0 radical (unpaired) electrons. The molecular formula is C11H20N2O4S. The molecule has 0 unspecified atom stereocenters. The van der Waals surface area contributed by atoms with Gasteiger partial charge in [-0.1, -0.05) is 0 Å². The van der Waals surface area contributed by atoms with Crippen molar-refractivity contribution in [3.8, 4) is 0 Å². The molecule has 0 aromatic rings. The van der Waals surface area contributed by atoms with Crippen molar-refractivity contribution in [2.45, 2.75) is 31.4 Å². The molecule has 0 aromatic heterocycles. The maximum atomic E-state index is 11.9. The maximum Gasteiger partial charge on any atom is 0.317 e. The van der Waals surface area contributed by atoms with Gasteiger partial charge in [0.25, 0.3) is 0 Å². The molecule has 2 fully saturated rings. The molecule has 2 aliphatic heterocycles. The summed E-state index contributed by atoms with van der Waals surface area (Å²) in [5.41, 5.74) is 0.